The largest absolute Gasteiger partial charge is 0.494 e. The number of halogens is 1. The van der Waals surface area contributed by atoms with Gasteiger partial charge in [-0.25, -0.2) is 4.39 Å². The standard InChI is InChI=1S/C15H13FN2O5S/c1-21-13(19)7-18-10-3-2-9(16)6-12(10)24-15(18)17-14(20)11-8-22-4-5-23-11/h2-3,6,8H,4-5,7H2,1H3. The van der Waals surface area contributed by atoms with Gasteiger partial charge < -0.3 is 18.8 Å². The predicted molar refractivity (Wildman–Crippen MR) is 82.3 cm³/mol. The summed E-state index contributed by atoms with van der Waals surface area (Å²) in [5.74, 6) is -1.59. The predicted octanol–water partition coefficient (Wildman–Crippen LogP) is 1.33. The van der Waals surface area contributed by atoms with Crippen molar-refractivity contribution in [2.24, 2.45) is 4.99 Å². The molecule has 0 saturated heterocycles. The van der Waals surface area contributed by atoms with Gasteiger partial charge in [-0.1, -0.05) is 11.3 Å². The van der Waals surface area contributed by atoms with Crippen LogP contribution in [0, 0.1) is 5.82 Å². The Bertz CT molecular complexity index is 899. The van der Waals surface area contributed by atoms with Crippen LogP contribution in [0.5, 0.6) is 0 Å². The summed E-state index contributed by atoms with van der Waals surface area (Å²) in [6.07, 6.45) is 1.20. The van der Waals surface area contributed by atoms with Crippen LogP contribution in [0.1, 0.15) is 0 Å². The molecule has 0 spiro atoms. The number of hydrogen-bond donors (Lipinski definition) is 0. The van der Waals surface area contributed by atoms with E-state index in [4.69, 9.17) is 9.47 Å². The molecule has 0 radical (unpaired) electrons. The van der Waals surface area contributed by atoms with Crippen molar-refractivity contribution in [1.29, 1.82) is 0 Å². The molecule has 9 heteroatoms. The van der Waals surface area contributed by atoms with E-state index in [9.17, 15) is 14.0 Å². The molecule has 1 aromatic heterocycles. The van der Waals surface area contributed by atoms with Gasteiger partial charge in [-0.3, -0.25) is 9.59 Å². The maximum atomic E-state index is 13.4. The van der Waals surface area contributed by atoms with Gasteiger partial charge in [0.15, 0.2) is 4.80 Å². The molecule has 0 N–H and O–H groups in total. The summed E-state index contributed by atoms with van der Waals surface area (Å²) in [5, 5.41) is 0. The smallest absolute Gasteiger partial charge is 0.325 e. The molecule has 7 nitrogen and oxygen atoms in total. The molecule has 1 amide bonds. The number of methoxy groups -OCH3 is 1. The van der Waals surface area contributed by atoms with Gasteiger partial charge in [0, 0.05) is 0 Å². The summed E-state index contributed by atoms with van der Waals surface area (Å²) < 4.78 is 30.3. The molecule has 1 aromatic carbocycles. The van der Waals surface area contributed by atoms with Gasteiger partial charge in [0.2, 0.25) is 5.76 Å². The zero-order valence-electron chi connectivity index (χ0n) is 12.7. The molecular weight excluding hydrogens is 339 g/mol. The molecule has 3 rings (SSSR count). The van der Waals surface area contributed by atoms with Gasteiger partial charge in [-0.05, 0) is 18.2 Å². The van der Waals surface area contributed by atoms with Gasteiger partial charge in [0.05, 0.1) is 17.3 Å². The SMILES string of the molecule is COC(=O)Cn1c(=NC(=O)C2=COCCO2)sc2cc(F)ccc21. The van der Waals surface area contributed by atoms with Gasteiger partial charge in [-0.15, -0.1) is 0 Å². The van der Waals surface area contributed by atoms with Crippen molar-refractivity contribution in [3.05, 3.63) is 40.8 Å². The Morgan fingerprint density at radius 2 is 2.25 bits per heavy atom. The topological polar surface area (TPSA) is 79.1 Å². The number of benzene rings is 1. The lowest BCUT2D eigenvalue weighted by Gasteiger charge is -2.12. The maximum Gasteiger partial charge on any atom is 0.325 e. The summed E-state index contributed by atoms with van der Waals surface area (Å²) in [4.78, 5) is 28.0. The van der Waals surface area contributed by atoms with Crippen molar-refractivity contribution >= 4 is 33.4 Å². The fourth-order valence-corrected chi connectivity index (χ4v) is 3.15. The molecular formula is C15H13FN2O5S. The molecule has 1 aliphatic rings. The highest BCUT2D eigenvalue weighted by Gasteiger charge is 2.17. The maximum absolute atomic E-state index is 13.4. The first-order valence-electron chi connectivity index (χ1n) is 6.98. The number of thiazole rings is 1. The third-order valence-electron chi connectivity index (χ3n) is 3.22. The lowest BCUT2D eigenvalue weighted by molar-refractivity contribution is -0.141. The van der Waals surface area contributed by atoms with Gasteiger partial charge in [0.25, 0.3) is 0 Å². The van der Waals surface area contributed by atoms with Crippen LogP contribution in [-0.4, -0.2) is 36.8 Å². The Labute approximate surface area is 139 Å². The summed E-state index contributed by atoms with van der Waals surface area (Å²) in [7, 11) is 1.26. The van der Waals surface area contributed by atoms with Crippen LogP contribution in [0.15, 0.2) is 35.2 Å². The average Bonchev–Trinajstić information content (AvgIpc) is 2.91. The van der Waals surface area contributed by atoms with Crippen molar-refractivity contribution in [3.63, 3.8) is 0 Å². The van der Waals surface area contributed by atoms with Crippen LogP contribution in [0.4, 0.5) is 4.39 Å². The van der Waals surface area contributed by atoms with Gasteiger partial charge in [-0.2, -0.15) is 4.99 Å². The minimum Gasteiger partial charge on any atom is -0.494 e. The van der Waals surface area contributed by atoms with Crippen LogP contribution >= 0.6 is 11.3 Å². The molecule has 0 bridgehead atoms. The first-order valence-corrected chi connectivity index (χ1v) is 7.79. The molecule has 0 atom stereocenters. The van der Waals surface area contributed by atoms with Crippen LogP contribution in [0.2, 0.25) is 0 Å². The average molecular weight is 352 g/mol. The fourth-order valence-electron chi connectivity index (χ4n) is 2.10. The Hall–Kier alpha value is -2.68. The quantitative estimate of drug-likeness (QED) is 0.779. The van der Waals surface area contributed by atoms with E-state index in [1.54, 1.807) is 0 Å². The van der Waals surface area contributed by atoms with E-state index in [0.717, 1.165) is 11.3 Å². The normalized spacial score (nSPS) is 14.8. The van der Waals surface area contributed by atoms with Crippen molar-refractivity contribution < 1.29 is 28.2 Å². The minimum atomic E-state index is -0.639. The number of esters is 1. The second-order valence-electron chi connectivity index (χ2n) is 4.78. The first kappa shape index (κ1) is 16.2. The molecule has 126 valence electrons. The highest BCUT2D eigenvalue weighted by molar-refractivity contribution is 7.16. The van der Waals surface area contributed by atoms with Crippen LogP contribution in [-0.2, 0) is 30.3 Å². The van der Waals surface area contributed by atoms with Crippen molar-refractivity contribution in [1.82, 2.24) is 4.57 Å². The van der Waals surface area contributed by atoms with E-state index < -0.39 is 17.7 Å². The van der Waals surface area contributed by atoms with E-state index in [1.165, 1.54) is 36.1 Å². The molecule has 0 fully saturated rings. The number of carbonyl (C=O) groups is 2. The lowest BCUT2D eigenvalue weighted by Crippen LogP contribution is -2.23. The van der Waals surface area contributed by atoms with E-state index in [2.05, 4.69) is 9.73 Å². The molecule has 1 aliphatic heterocycles. The molecule has 24 heavy (non-hydrogen) atoms. The fraction of sp³-hybridized carbons (Fsp3) is 0.267. The number of rotatable bonds is 3. The lowest BCUT2D eigenvalue weighted by atomic mass is 10.3. The number of amides is 1. The second kappa shape index (κ2) is 6.83. The van der Waals surface area contributed by atoms with Crippen LogP contribution < -0.4 is 4.80 Å². The van der Waals surface area contributed by atoms with Gasteiger partial charge in [0.1, 0.15) is 31.8 Å². The second-order valence-corrected chi connectivity index (χ2v) is 5.79. The van der Waals surface area contributed by atoms with Gasteiger partial charge >= 0.3 is 11.9 Å². The summed E-state index contributed by atoms with van der Waals surface area (Å²) in [6, 6.07) is 4.11. The molecule has 2 aromatic rings. The van der Waals surface area contributed by atoms with E-state index >= 15 is 0 Å². The number of ether oxygens (including phenoxy) is 3. The molecule has 0 aliphatic carbocycles. The summed E-state index contributed by atoms with van der Waals surface area (Å²) in [5.41, 5.74) is 0.577. The molecule has 0 unspecified atom stereocenters. The Balaban J connectivity index is 2.09. The number of hydrogen-bond acceptors (Lipinski definition) is 6. The monoisotopic (exact) mass is 352 g/mol. The first-order chi connectivity index (χ1) is 11.6. The van der Waals surface area contributed by atoms with Crippen LogP contribution in [0.25, 0.3) is 10.2 Å². The Morgan fingerprint density at radius 3 is 2.96 bits per heavy atom. The third-order valence-corrected chi connectivity index (χ3v) is 4.26. The zero-order valence-corrected chi connectivity index (χ0v) is 13.5. The Kier molecular flexibility index (Phi) is 4.61. The minimum absolute atomic E-state index is 0.0190. The van der Waals surface area contributed by atoms with Crippen LogP contribution in [0.3, 0.4) is 0 Å². The van der Waals surface area contributed by atoms with E-state index in [0.29, 0.717) is 16.8 Å². The highest BCUT2D eigenvalue weighted by Crippen LogP contribution is 2.19. The van der Waals surface area contributed by atoms with E-state index in [-0.39, 0.29) is 23.7 Å². The van der Waals surface area contributed by atoms with E-state index in [1.807, 2.05) is 0 Å². The number of fused-ring (bicyclic) bond motifs is 1. The molecule has 2 heterocycles. The number of aromatic nitrogens is 1. The summed E-state index contributed by atoms with van der Waals surface area (Å²) in [6.45, 7) is 0.471. The van der Waals surface area contributed by atoms with Crippen molar-refractivity contribution in [2.75, 3.05) is 20.3 Å². The highest BCUT2D eigenvalue weighted by atomic mass is 32.1. The molecule has 0 saturated carbocycles. The van der Waals surface area contributed by atoms with Crippen molar-refractivity contribution in [2.45, 2.75) is 6.54 Å². The van der Waals surface area contributed by atoms with Crippen molar-refractivity contribution in [3.8, 4) is 0 Å². The summed E-state index contributed by atoms with van der Waals surface area (Å²) >= 11 is 1.09. The number of carbonyl (C=O) groups excluding carboxylic acids is 2. The third kappa shape index (κ3) is 3.30. The number of nitrogens with zero attached hydrogens (tertiary/aromatic N) is 2. The Morgan fingerprint density at radius 1 is 1.42 bits per heavy atom. The zero-order chi connectivity index (χ0) is 17.1.